The van der Waals surface area contributed by atoms with E-state index in [1.54, 1.807) is 17.7 Å². The molecule has 0 amide bonds. The second kappa shape index (κ2) is 12.3. The Morgan fingerprint density at radius 1 is 0.800 bits per heavy atom. The van der Waals surface area contributed by atoms with Gasteiger partial charge in [0, 0.05) is 0 Å². The number of hydrogen-bond donors (Lipinski definition) is 0. The van der Waals surface area contributed by atoms with Crippen LogP contribution in [0.1, 0.15) is 128 Å². The van der Waals surface area contributed by atoms with Crippen LogP contribution in [0.4, 0.5) is 0 Å². The molecule has 0 aromatic heterocycles. The molecule has 0 nitrogen and oxygen atoms in total. The van der Waals surface area contributed by atoms with Crippen LogP contribution in [0.15, 0.2) is 78.4 Å². The van der Waals surface area contributed by atoms with Crippen molar-refractivity contribution in [3.8, 4) is 11.1 Å². The van der Waals surface area contributed by atoms with E-state index in [4.69, 9.17) is 4.21 Å². The predicted molar refractivity (Wildman–Crippen MR) is 224 cm³/mol. The third-order valence-corrected chi connectivity index (χ3v) is 28.8. The van der Waals surface area contributed by atoms with Crippen molar-refractivity contribution >= 4 is 43.4 Å². The van der Waals surface area contributed by atoms with E-state index >= 15 is 0 Å². The van der Waals surface area contributed by atoms with E-state index in [-0.39, 0.29) is 41.1 Å². The number of halogens is 2. The van der Waals surface area contributed by atoms with E-state index in [0.717, 1.165) is 19.3 Å². The molecule has 0 radical (unpaired) electrons. The first kappa shape index (κ1) is 39.2. The molecule has 1 unspecified atom stereocenters. The molecule has 0 saturated heterocycles. The van der Waals surface area contributed by atoms with Gasteiger partial charge in [0.1, 0.15) is 0 Å². The van der Waals surface area contributed by atoms with Crippen molar-refractivity contribution in [1.29, 1.82) is 0 Å². The standard InChI is InChI=1S/C25H25.C13H21.C7H7.CH3.CH2.2ClH.Zr/c1-14-12-24(3,4)22-8-16-7-17-9-23-19(15(2)13-25(23,5)6)11-21(17)20(16)10-18(14)22;1-6-10-8-11(7-2)12(9-10)13(3,4)5;1-7-5-3-2-4-6-7;;;;;/h8-12H,7H2,1-6H3;9-10H,6-7H2,1-5H3;3-6H,1H3;1H3;1H2;2*1H;. The molecule has 0 saturated carbocycles. The van der Waals surface area contributed by atoms with E-state index in [2.05, 4.69) is 148 Å². The molecule has 7 rings (SSSR count). The number of benzene rings is 3. The molecule has 0 aliphatic heterocycles. The minimum absolute atomic E-state index is 0. The first-order valence-electron chi connectivity index (χ1n) is 18.6. The summed E-state index contributed by atoms with van der Waals surface area (Å²) in [5.74, 6) is 0.433. The topological polar surface area (TPSA) is 0 Å². The average molecular weight is 787 g/mol. The minimum atomic E-state index is -4.51. The molecule has 0 spiro atoms. The summed E-state index contributed by atoms with van der Waals surface area (Å²) in [4.78, 5) is 0. The van der Waals surface area contributed by atoms with Crippen molar-refractivity contribution in [2.75, 3.05) is 0 Å². The molecule has 3 aromatic carbocycles. The van der Waals surface area contributed by atoms with Gasteiger partial charge in [0.25, 0.3) is 0 Å². The number of aryl methyl sites for hydroxylation is 1. The van der Waals surface area contributed by atoms with E-state index in [1.165, 1.54) is 64.5 Å². The molecule has 0 heterocycles. The third kappa shape index (κ3) is 5.25. The second-order valence-electron chi connectivity index (χ2n) is 18.4. The monoisotopic (exact) mass is 784 g/mol. The van der Waals surface area contributed by atoms with Crippen molar-refractivity contribution in [3.05, 3.63) is 117 Å². The predicted octanol–water partition coefficient (Wildman–Crippen LogP) is 13.3. The molecular weight excluding hydrogens is 727 g/mol. The Labute approximate surface area is 317 Å². The van der Waals surface area contributed by atoms with Gasteiger partial charge < -0.3 is 0 Å². The van der Waals surface area contributed by atoms with Gasteiger partial charge >= 0.3 is 295 Å². The van der Waals surface area contributed by atoms with Crippen molar-refractivity contribution in [2.45, 2.75) is 118 Å². The Hall–Kier alpha value is -2.05. The van der Waals surface area contributed by atoms with Crippen molar-refractivity contribution in [3.63, 3.8) is 0 Å². The Bertz CT molecular complexity index is 2140. The van der Waals surface area contributed by atoms with Crippen LogP contribution in [0.25, 0.3) is 22.3 Å². The van der Waals surface area contributed by atoms with Crippen LogP contribution in [0.2, 0.25) is 4.63 Å². The molecular formula is C47H60Cl2Zr. The van der Waals surface area contributed by atoms with E-state index in [9.17, 15) is 0 Å². The zero-order valence-electron chi connectivity index (χ0n) is 33.0. The van der Waals surface area contributed by atoms with Gasteiger partial charge in [0.15, 0.2) is 0 Å². The van der Waals surface area contributed by atoms with Crippen LogP contribution in [0.3, 0.4) is 0 Å². The number of allylic oxidation sites excluding steroid dienone is 8. The van der Waals surface area contributed by atoms with Gasteiger partial charge in [-0.05, 0) is 0 Å². The normalized spacial score (nSPS) is 20.1. The fourth-order valence-corrected chi connectivity index (χ4v) is 29.3. The Morgan fingerprint density at radius 2 is 1.36 bits per heavy atom. The molecule has 4 aliphatic carbocycles. The zero-order valence-corrected chi connectivity index (χ0v) is 37.1. The second-order valence-corrected chi connectivity index (χ2v) is 32.3. The fourth-order valence-electron chi connectivity index (χ4n) is 11.3. The van der Waals surface area contributed by atoms with Crippen molar-refractivity contribution in [2.24, 2.45) is 11.3 Å². The molecule has 0 N–H and O–H groups in total. The number of rotatable bonds is 5. The SMILES string of the molecule is Cl.Cl.[CH2]=[Zr]([CH3])([C]1=C(CC)C(C(C)(C)C)=CC1CC)([C]1=C(C)c2cc3c(cc2C1(C)C)Cc1cc2c(cc1-3)C(C)=CC2(C)C)[c]1ccc(C)cc1. The summed E-state index contributed by atoms with van der Waals surface area (Å²) < 4.78 is 13.3. The third-order valence-electron chi connectivity index (χ3n) is 13.2. The summed E-state index contributed by atoms with van der Waals surface area (Å²) in [6.07, 6.45) is 8.33. The average Bonchev–Trinajstić information content (AvgIpc) is 3.68. The van der Waals surface area contributed by atoms with Gasteiger partial charge in [-0.1, -0.05) is 0 Å². The van der Waals surface area contributed by atoms with Crippen molar-refractivity contribution in [1.82, 2.24) is 0 Å². The van der Waals surface area contributed by atoms with E-state index < -0.39 is 18.3 Å². The van der Waals surface area contributed by atoms with Crippen LogP contribution in [-0.4, -0.2) is 4.21 Å². The Balaban J connectivity index is 0.00000243. The van der Waals surface area contributed by atoms with Gasteiger partial charge in [-0.15, -0.1) is 24.8 Å². The molecule has 3 aromatic rings. The quantitative estimate of drug-likeness (QED) is 0.189. The summed E-state index contributed by atoms with van der Waals surface area (Å²) in [6, 6.07) is 19.9. The molecule has 50 heavy (non-hydrogen) atoms. The molecule has 3 heteroatoms. The maximum absolute atomic E-state index is 5.74. The number of fused-ring (bicyclic) bond motifs is 5. The van der Waals surface area contributed by atoms with Gasteiger partial charge in [0.05, 0.1) is 0 Å². The Kier molecular flexibility index (Phi) is 9.60. The molecule has 0 bridgehead atoms. The molecule has 1 atom stereocenters. The number of hydrogen-bond acceptors (Lipinski definition) is 0. The van der Waals surface area contributed by atoms with Crippen LogP contribution in [0, 0.1) is 18.3 Å². The van der Waals surface area contributed by atoms with E-state index in [0.29, 0.717) is 5.92 Å². The zero-order chi connectivity index (χ0) is 35.0. The first-order chi connectivity index (χ1) is 22.2. The van der Waals surface area contributed by atoms with E-state index in [1.807, 2.05) is 0 Å². The van der Waals surface area contributed by atoms with Gasteiger partial charge in [-0.25, -0.2) is 0 Å². The van der Waals surface area contributed by atoms with Gasteiger partial charge in [0.2, 0.25) is 0 Å². The summed E-state index contributed by atoms with van der Waals surface area (Å²) in [6.45, 7) is 28.8. The van der Waals surface area contributed by atoms with Crippen molar-refractivity contribution < 1.29 is 18.3 Å². The van der Waals surface area contributed by atoms with Crippen LogP contribution >= 0.6 is 24.8 Å². The van der Waals surface area contributed by atoms with Crippen LogP contribution in [-0.2, 0) is 35.5 Å². The van der Waals surface area contributed by atoms with Gasteiger partial charge in [-0.2, -0.15) is 0 Å². The molecule has 266 valence electrons. The Morgan fingerprint density at radius 3 is 1.90 bits per heavy atom. The summed E-state index contributed by atoms with van der Waals surface area (Å²) >= 11 is -4.51. The van der Waals surface area contributed by atoms with Crippen LogP contribution in [0.5, 0.6) is 0 Å². The first-order valence-corrected chi connectivity index (χ1v) is 26.5. The maximum atomic E-state index is 5.74. The summed E-state index contributed by atoms with van der Waals surface area (Å²) in [5, 5.41) is 0. The summed E-state index contributed by atoms with van der Waals surface area (Å²) in [7, 11) is 0. The summed E-state index contributed by atoms with van der Waals surface area (Å²) in [5.41, 5.74) is 19.3. The fraction of sp³-hybridized carbons (Fsp3) is 0.426. The van der Waals surface area contributed by atoms with Crippen LogP contribution < -0.4 is 3.27 Å². The van der Waals surface area contributed by atoms with Gasteiger partial charge in [-0.3, -0.25) is 0 Å². The molecule has 4 aliphatic rings. The molecule has 0 fully saturated rings.